The second-order valence-corrected chi connectivity index (χ2v) is 3.15. The molecule has 0 aromatic rings. The summed E-state index contributed by atoms with van der Waals surface area (Å²) in [6, 6.07) is 0. The van der Waals surface area contributed by atoms with Gasteiger partial charge in [-0.1, -0.05) is 13.3 Å². The van der Waals surface area contributed by atoms with Crippen LogP contribution in [0.1, 0.15) is 19.8 Å². The molecular weight excluding hydrogens is 154 g/mol. The highest BCUT2D eigenvalue weighted by Crippen LogP contribution is 1.99. The van der Waals surface area contributed by atoms with Crippen LogP contribution < -0.4 is 5.32 Å². The van der Waals surface area contributed by atoms with Crippen molar-refractivity contribution in [3.05, 3.63) is 0 Å². The lowest BCUT2D eigenvalue weighted by Gasteiger charge is -2.33. The predicted molar refractivity (Wildman–Crippen MR) is 47.8 cm³/mol. The molecule has 1 heterocycles. The second-order valence-electron chi connectivity index (χ2n) is 3.15. The van der Waals surface area contributed by atoms with E-state index in [-0.39, 0.29) is 0 Å². The van der Waals surface area contributed by atoms with Crippen molar-refractivity contribution in [1.29, 1.82) is 0 Å². The fourth-order valence-corrected chi connectivity index (χ4v) is 1.32. The van der Waals surface area contributed by atoms with Gasteiger partial charge in [-0.15, -0.1) is 5.17 Å². The number of hydrogen-bond donors (Lipinski definition) is 2. The number of hydrazine groups is 1. The van der Waals surface area contributed by atoms with Crippen LogP contribution >= 0.6 is 0 Å². The third kappa shape index (κ3) is 3.06. The van der Waals surface area contributed by atoms with E-state index < -0.39 is 0 Å². The van der Waals surface area contributed by atoms with Crippen molar-refractivity contribution in [1.82, 2.24) is 15.5 Å². The molecule has 0 aliphatic carbocycles. The number of hydroxylamine groups is 1. The lowest BCUT2D eigenvalue weighted by Crippen LogP contribution is -2.51. The number of nitrogens with zero attached hydrogens (tertiary/aromatic N) is 2. The van der Waals surface area contributed by atoms with E-state index in [9.17, 15) is 5.21 Å². The molecule has 1 rings (SSSR count). The Balaban J connectivity index is 2.15. The van der Waals surface area contributed by atoms with Crippen LogP contribution in [-0.2, 0) is 0 Å². The lowest BCUT2D eigenvalue weighted by molar-refractivity contribution is -0.248. The fourth-order valence-electron chi connectivity index (χ4n) is 1.32. The Labute approximate surface area is 74.1 Å². The van der Waals surface area contributed by atoms with Crippen molar-refractivity contribution in [2.24, 2.45) is 0 Å². The Bertz CT molecular complexity index is 115. The summed E-state index contributed by atoms with van der Waals surface area (Å²) in [6.45, 7) is 6.68. The minimum Gasteiger partial charge on any atom is -0.314 e. The third-order valence-corrected chi connectivity index (χ3v) is 2.13. The first-order chi connectivity index (χ1) is 5.84. The fraction of sp³-hybridized carbons (Fsp3) is 1.00. The van der Waals surface area contributed by atoms with Gasteiger partial charge in [0, 0.05) is 32.7 Å². The predicted octanol–water partition coefficient (Wildman–Crippen LogP) is 0.298. The molecule has 4 heteroatoms. The molecular formula is C8H19N3O. The van der Waals surface area contributed by atoms with Gasteiger partial charge in [0.1, 0.15) is 0 Å². The van der Waals surface area contributed by atoms with Crippen molar-refractivity contribution in [2.45, 2.75) is 19.8 Å². The Hall–Kier alpha value is -0.160. The average Bonchev–Trinajstić information content (AvgIpc) is 2.15. The van der Waals surface area contributed by atoms with Gasteiger partial charge >= 0.3 is 0 Å². The molecule has 0 radical (unpaired) electrons. The molecule has 0 spiro atoms. The number of nitrogens with one attached hydrogen (secondary N) is 1. The summed E-state index contributed by atoms with van der Waals surface area (Å²) in [5.41, 5.74) is 0. The highest BCUT2D eigenvalue weighted by atomic mass is 16.5. The Kier molecular flexibility index (Phi) is 4.53. The highest BCUT2D eigenvalue weighted by Gasteiger charge is 2.14. The van der Waals surface area contributed by atoms with Crippen molar-refractivity contribution < 1.29 is 5.21 Å². The Morgan fingerprint density at radius 3 is 2.67 bits per heavy atom. The first-order valence-electron chi connectivity index (χ1n) is 4.76. The van der Waals surface area contributed by atoms with E-state index in [1.165, 1.54) is 5.17 Å². The van der Waals surface area contributed by atoms with E-state index >= 15 is 0 Å². The molecule has 0 amide bonds. The van der Waals surface area contributed by atoms with Gasteiger partial charge in [-0.2, -0.15) is 0 Å². The topological polar surface area (TPSA) is 38.7 Å². The van der Waals surface area contributed by atoms with Crippen LogP contribution in [0, 0.1) is 0 Å². The normalized spacial score (nSPS) is 20.2. The van der Waals surface area contributed by atoms with Gasteiger partial charge in [-0.25, -0.2) is 5.01 Å². The molecule has 12 heavy (non-hydrogen) atoms. The van der Waals surface area contributed by atoms with E-state index in [1.54, 1.807) is 0 Å². The smallest absolute Gasteiger partial charge is 0.0401 e. The van der Waals surface area contributed by atoms with E-state index in [4.69, 9.17) is 0 Å². The van der Waals surface area contributed by atoms with Crippen molar-refractivity contribution >= 4 is 0 Å². The molecule has 0 aromatic heterocycles. The standard InChI is InChI=1S/C8H19N3O/c1-2-3-6-11(12)10-7-4-9-5-8-10/h9,12H,2-8H2,1H3. The Morgan fingerprint density at radius 2 is 2.08 bits per heavy atom. The SMILES string of the molecule is CCCCN(O)N1CCNCC1. The lowest BCUT2D eigenvalue weighted by atomic mass is 10.3. The zero-order valence-corrected chi connectivity index (χ0v) is 7.79. The van der Waals surface area contributed by atoms with Gasteiger partial charge < -0.3 is 5.32 Å². The minimum absolute atomic E-state index is 0.760. The first-order valence-corrected chi connectivity index (χ1v) is 4.76. The summed E-state index contributed by atoms with van der Waals surface area (Å²) in [5.74, 6) is 0. The van der Waals surface area contributed by atoms with Crippen molar-refractivity contribution in [2.75, 3.05) is 32.7 Å². The zero-order chi connectivity index (χ0) is 8.81. The molecule has 0 bridgehead atoms. The number of rotatable bonds is 4. The van der Waals surface area contributed by atoms with Gasteiger partial charge in [0.15, 0.2) is 0 Å². The highest BCUT2D eigenvalue weighted by molar-refractivity contribution is 4.63. The summed E-state index contributed by atoms with van der Waals surface area (Å²) in [4.78, 5) is 0. The van der Waals surface area contributed by atoms with Gasteiger partial charge in [-0.05, 0) is 6.42 Å². The van der Waals surface area contributed by atoms with Crippen LogP contribution in [0.2, 0.25) is 0 Å². The van der Waals surface area contributed by atoms with E-state index in [0.717, 1.165) is 45.6 Å². The van der Waals surface area contributed by atoms with Gasteiger partial charge in [-0.3, -0.25) is 5.21 Å². The van der Waals surface area contributed by atoms with Gasteiger partial charge in [0.2, 0.25) is 0 Å². The monoisotopic (exact) mass is 173 g/mol. The van der Waals surface area contributed by atoms with Crippen LogP contribution in [0.3, 0.4) is 0 Å². The molecule has 2 N–H and O–H groups in total. The molecule has 1 aliphatic rings. The molecule has 0 atom stereocenters. The maximum absolute atomic E-state index is 9.54. The largest absolute Gasteiger partial charge is 0.314 e. The molecule has 4 nitrogen and oxygen atoms in total. The molecule has 1 saturated heterocycles. The second kappa shape index (κ2) is 5.48. The molecule has 0 aromatic carbocycles. The van der Waals surface area contributed by atoms with Crippen molar-refractivity contribution in [3.8, 4) is 0 Å². The summed E-state index contributed by atoms with van der Waals surface area (Å²) < 4.78 is 0. The van der Waals surface area contributed by atoms with E-state index in [0.29, 0.717) is 0 Å². The van der Waals surface area contributed by atoms with Gasteiger partial charge in [0.05, 0.1) is 0 Å². The molecule has 1 fully saturated rings. The quantitative estimate of drug-likeness (QED) is 0.600. The van der Waals surface area contributed by atoms with E-state index in [1.807, 2.05) is 5.01 Å². The minimum atomic E-state index is 0.760. The van der Waals surface area contributed by atoms with Gasteiger partial charge in [0.25, 0.3) is 0 Å². The summed E-state index contributed by atoms with van der Waals surface area (Å²) in [7, 11) is 0. The zero-order valence-electron chi connectivity index (χ0n) is 7.79. The maximum Gasteiger partial charge on any atom is 0.0401 e. The molecule has 1 aliphatic heterocycles. The number of piperazine rings is 1. The van der Waals surface area contributed by atoms with E-state index in [2.05, 4.69) is 12.2 Å². The first kappa shape index (κ1) is 9.92. The molecule has 72 valence electrons. The number of hydrogen-bond acceptors (Lipinski definition) is 4. The molecule has 0 saturated carbocycles. The van der Waals surface area contributed by atoms with Crippen LogP contribution in [0.5, 0.6) is 0 Å². The molecule has 0 unspecified atom stereocenters. The van der Waals surface area contributed by atoms with Crippen LogP contribution in [-0.4, -0.2) is 48.1 Å². The summed E-state index contributed by atoms with van der Waals surface area (Å²) in [5, 5.41) is 16.1. The van der Waals surface area contributed by atoms with Crippen LogP contribution in [0.4, 0.5) is 0 Å². The summed E-state index contributed by atoms with van der Waals surface area (Å²) >= 11 is 0. The maximum atomic E-state index is 9.54. The average molecular weight is 173 g/mol. The Morgan fingerprint density at radius 1 is 1.42 bits per heavy atom. The van der Waals surface area contributed by atoms with Crippen LogP contribution in [0.15, 0.2) is 0 Å². The van der Waals surface area contributed by atoms with Crippen molar-refractivity contribution in [3.63, 3.8) is 0 Å². The van der Waals surface area contributed by atoms with Crippen LogP contribution in [0.25, 0.3) is 0 Å². The third-order valence-electron chi connectivity index (χ3n) is 2.13. The summed E-state index contributed by atoms with van der Waals surface area (Å²) in [6.07, 6.45) is 2.18. The number of unbranched alkanes of at least 4 members (excludes halogenated alkanes) is 1.